The molecule has 2 aromatic carbocycles. The molecule has 6 nitrogen and oxygen atoms in total. The largest absolute Gasteiger partial charge is 0.462 e. The lowest BCUT2D eigenvalue weighted by atomic mass is 10.1. The molecule has 140 valence electrons. The number of imide groups is 1. The summed E-state index contributed by atoms with van der Waals surface area (Å²) >= 11 is 0. The van der Waals surface area contributed by atoms with Crippen molar-refractivity contribution >= 4 is 29.2 Å². The van der Waals surface area contributed by atoms with Gasteiger partial charge in [0.1, 0.15) is 6.04 Å². The smallest absolute Gasteiger partial charge is 0.338 e. The van der Waals surface area contributed by atoms with Gasteiger partial charge in [0, 0.05) is 5.69 Å². The Morgan fingerprint density at radius 3 is 2.33 bits per heavy atom. The van der Waals surface area contributed by atoms with Gasteiger partial charge in [-0.1, -0.05) is 19.1 Å². The summed E-state index contributed by atoms with van der Waals surface area (Å²) in [5.74, 6) is -1.01. The molecule has 1 fully saturated rings. The summed E-state index contributed by atoms with van der Waals surface area (Å²) in [6, 6.07) is 13.5. The predicted octanol–water partition coefficient (Wildman–Crippen LogP) is 3.17. The molecule has 1 saturated heterocycles. The Labute approximate surface area is 158 Å². The number of benzene rings is 2. The molecule has 0 radical (unpaired) electrons. The summed E-state index contributed by atoms with van der Waals surface area (Å²) in [6.07, 6.45) is 1.03. The zero-order valence-electron chi connectivity index (χ0n) is 15.4. The number of carbonyl (C=O) groups excluding carboxylic acids is 3. The molecule has 0 bridgehead atoms. The van der Waals surface area contributed by atoms with Crippen LogP contribution in [0.15, 0.2) is 48.5 Å². The fraction of sp³-hybridized carbons (Fsp3) is 0.286. The molecule has 0 aliphatic carbocycles. The highest BCUT2D eigenvalue weighted by Gasteiger charge is 2.39. The topological polar surface area (TPSA) is 75.7 Å². The number of aryl methyl sites for hydroxylation is 1. The maximum Gasteiger partial charge on any atom is 0.338 e. The van der Waals surface area contributed by atoms with Crippen LogP contribution in [0, 0.1) is 0 Å². The highest BCUT2D eigenvalue weighted by Crippen LogP contribution is 2.25. The molecule has 0 spiro atoms. The molecule has 1 N–H and O–H groups in total. The van der Waals surface area contributed by atoms with Crippen LogP contribution in [0.4, 0.5) is 11.4 Å². The maximum atomic E-state index is 12.7. The summed E-state index contributed by atoms with van der Waals surface area (Å²) in [6.45, 7) is 4.10. The molecule has 2 amide bonds. The number of hydrogen-bond donors (Lipinski definition) is 1. The fourth-order valence-corrected chi connectivity index (χ4v) is 3.01. The Morgan fingerprint density at radius 1 is 1.07 bits per heavy atom. The number of amides is 2. The summed E-state index contributed by atoms with van der Waals surface area (Å²) < 4.78 is 4.94. The number of esters is 1. The number of carbonyl (C=O) groups is 3. The number of nitrogens with one attached hydrogen (secondary N) is 1. The zero-order chi connectivity index (χ0) is 19.4. The predicted molar refractivity (Wildman–Crippen MR) is 103 cm³/mol. The monoisotopic (exact) mass is 366 g/mol. The number of nitrogens with zero attached hydrogens (tertiary/aromatic N) is 1. The van der Waals surface area contributed by atoms with Gasteiger partial charge >= 0.3 is 5.97 Å². The molecule has 0 aromatic heterocycles. The van der Waals surface area contributed by atoms with Gasteiger partial charge in [-0.3, -0.25) is 9.59 Å². The van der Waals surface area contributed by atoms with Crippen molar-refractivity contribution in [3.63, 3.8) is 0 Å². The highest BCUT2D eigenvalue weighted by atomic mass is 16.5. The fourth-order valence-electron chi connectivity index (χ4n) is 3.01. The van der Waals surface area contributed by atoms with Crippen LogP contribution < -0.4 is 10.2 Å². The second kappa shape index (κ2) is 8.03. The van der Waals surface area contributed by atoms with Crippen LogP contribution in [0.1, 0.15) is 36.2 Å². The second-order valence-electron chi connectivity index (χ2n) is 6.29. The van der Waals surface area contributed by atoms with E-state index in [-0.39, 0.29) is 24.8 Å². The van der Waals surface area contributed by atoms with Gasteiger partial charge in [-0.15, -0.1) is 0 Å². The molecule has 0 unspecified atom stereocenters. The zero-order valence-corrected chi connectivity index (χ0v) is 15.4. The lowest BCUT2D eigenvalue weighted by Gasteiger charge is -2.16. The SMILES string of the molecule is CCOC(=O)c1ccc(N2C(=O)C[C@H](Nc3ccc(CC)cc3)C2=O)cc1. The van der Waals surface area contributed by atoms with E-state index in [1.54, 1.807) is 31.2 Å². The van der Waals surface area contributed by atoms with Crippen LogP contribution in [0.25, 0.3) is 0 Å². The van der Waals surface area contributed by atoms with Gasteiger partial charge in [-0.25, -0.2) is 9.69 Å². The van der Waals surface area contributed by atoms with Gasteiger partial charge in [0.15, 0.2) is 0 Å². The van der Waals surface area contributed by atoms with Crippen molar-refractivity contribution in [2.45, 2.75) is 32.7 Å². The number of rotatable bonds is 6. The van der Waals surface area contributed by atoms with Crippen LogP contribution in [0.5, 0.6) is 0 Å². The van der Waals surface area contributed by atoms with E-state index in [9.17, 15) is 14.4 Å². The molecule has 1 aliphatic heterocycles. The molecule has 0 saturated carbocycles. The minimum absolute atomic E-state index is 0.0913. The van der Waals surface area contributed by atoms with Crippen molar-refractivity contribution in [3.8, 4) is 0 Å². The Hall–Kier alpha value is -3.15. The third kappa shape index (κ3) is 4.00. The number of anilines is 2. The van der Waals surface area contributed by atoms with E-state index >= 15 is 0 Å². The summed E-state index contributed by atoms with van der Waals surface area (Å²) in [5.41, 5.74) is 2.84. The molecule has 1 aliphatic rings. The van der Waals surface area contributed by atoms with Crippen molar-refractivity contribution in [3.05, 3.63) is 59.7 Å². The lowest BCUT2D eigenvalue weighted by Crippen LogP contribution is -2.34. The van der Waals surface area contributed by atoms with Crippen molar-refractivity contribution in [1.29, 1.82) is 0 Å². The first-order valence-electron chi connectivity index (χ1n) is 9.03. The van der Waals surface area contributed by atoms with Gasteiger partial charge in [0.2, 0.25) is 5.91 Å². The van der Waals surface area contributed by atoms with Crippen molar-refractivity contribution in [2.24, 2.45) is 0 Å². The number of ether oxygens (including phenoxy) is 1. The lowest BCUT2D eigenvalue weighted by molar-refractivity contribution is -0.121. The Bertz CT molecular complexity index is 843. The first-order valence-corrected chi connectivity index (χ1v) is 9.03. The average molecular weight is 366 g/mol. The van der Waals surface area contributed by atoms with Crippen LogP contribution >= 0.6 is 0 Å². The second-order valence-corrected chi connectivity index (χ2v) is 6.29. The molecule has 3 rings (SSSR count). The van der Waals surface area contributed by atoms with E-state index in [0.29, 0.717) is 11.3 Å². The van der Waals surface area contributed by atoms with Gasteiger partial charge in [-0.05, 0) is 55.3 Å². The maximum absolute atomic E-state index is 12.7. The molecular formula is C21H22N2O4. The van der Waals surface area contributed by atoms with Gasteiger partial charge < -0.3 is 10.1 Å². The van der Waals surface area contributed by atoms with Gasteiger partial charge in [0.05, 0.1) is 24.3 Å². The van der Waals surface area contributed by atoms with E-state index in [1.807, 2.05) is 24.3 Å². The van der Waals surface area contributed by atoms with Crippen molar-refractivity contribution in [2.75, 3.05) is 16.8 Å². The minimum atomic E-state index is -0.602. The highest BCUT2D eigenvalue weighted by molar-refractivity contribution is 6.23. The third-order valence-electron chi connectivity index (χ3n) is 4.49. The molecular weight excluding hydrogens is 344 g/mol. The first-order chi connectivity index (χ1) is 13.0. The molecule has 27 heavy (non-hydrogen) atoms. The molecule has 2 aromatic rings. The van der Waals surface area contributed by atoms with E-state index in [4.69, 9.17) is 4.74 Å². The summed E-state index contributed by atoms with van der Waals surface area (Å²) in [7, 11) is 0. The standard InChI is InChI=1S/C21H22N2O4/c1-3-14-5-9-16(10-6-14)22-18-13-19(24)23(20(18)25)17-11-7-15(8-12-17)21(26)27-4-2/h5-12,18,22H,3-4,13H2,1-2H3/t18-/m0/s1. The average Bonchev–Trinajstić information content (AvgIpc) is 2.96. The van der Waals surface area contributed by atoms with Crippen LogP contribution in [-0.4, -0.2) is 30.4 Å². The quantitative estimate of drug-likeness (QED) is 0.628. The third-order valence-corrected chi connectivity index (χ3v) is 4.49. The molecule has 1 atom stereocenters. The van der Waals surface area contributed by atoms with Crippen LogP contribution in [0.2, 0.25) is 0 Å². The van der Waals surface area contributed by atoms with Crippen molar-refractivity contribution < 1.29 is 19.1 Å². The van der Waals surface area contributed by atoms with Crippen LogP contribution in [-0.2, 0) is 20.7 Å². The van der Waals surface area contributed by atoms with Crippen molar-refractivity contribution in [1.82, 2.24) is 0 Å². The van der Waals surface area contributed by atoms with E-state index in [0.717, 1.165) is 17.0 Å². The van der Waals surface area contributed by atoms with E-state index in [2.05, 4.69) is 12.2 Å². The normalized spacial score (nSPS) is 16.5. The summed E-state index contributed by atoms with van der Waals surface area (Å²) in [4.78, 5) is 38.0. The first kappa shape index (κ1) is 18.6. The Kier molecular flexibility index (Phi) is 5.54. The Morgan fingerprint density at radius 2 is 1.74 bits per heavy atom. The van der Waals surface area contributed by atoms with Gasteiger partial charge in [-0.2, -0.15) is 0 Å². The van der Waals surface area contributed by atoms with Crippen LogP contribution in [0.3, 0.4) is 0 Å². The molecule has 6 heteroatoms. The van der Waals surface area contributed by atoms with E-state index in [1.165, 1.54) is 5.56 Å². The molecule has 1 heterocycles. The van der Waals surface area contributed by atoms with Gasteiger partial charge in [0.25, 0.3) is 5.91 Å². The number of hydrogen-bond acceptors (Lipinski definition) is 5. The van der Waals surface area contributed by atoms with E-state index < -0.39 is 12.0 Å². The summed E-state index contributed by atoms with van der Waals surface area (Å²) in [5, 5.41) is 3.13. The minimum Gasteiger partial charge on any atom is -0.462 e. The Balaban J connectivity index is 1.72.